The predicted molar refractivity (Wildman–Crippen MR) is 115 cm³/mol. The maximum atomic E-state index is 13.1. The first-order valence-corrected chi connectivity index (χ1v) is 10.2. The summed E-state index contributed by atoms with van der Waals surface area (Å²) in [5, 5.41) is 4.05. The molecule has 6 heteroatoms. The van der Waals surface area contributed by atoms with E-state index < -0.39 is 6.04 Å². The van der Waals surface area contributed by atoms with Gasteiger partial charge in [-0.2, -0.15) is 0 Å². The lowest BCUT2D eigenvalue weighted by Gasteiger charge is -2.29. The van der Waals surface area contributed by atoms with Gasteiger partial charge in [0.1, 0.15) is 6.04 Å². The van der Waals surface area contributed by atoms with Crippen LogP contribution in [0, 0.1) is 0 Å². The van der Waals surface area contributed by atoms with E-state index in [0.717, 1.165) is 24.0 Å². The van der Waals surface area contributed by atoms with E-state index in [4.69, 9.17) is 23.2 Å². The van der Waals surface area contributed by atoms with Crippen LogP contribution in [0.5, 0.6) is 0 Å². The molecule has 2 aromatic rings. The third kappa shape index (κ3) is 6.54. The molecule has 0 fully saturated rings. The van der Waals surface area contributed by atoms with Crippen LogP contribution in [-0.4, -0.2) is 29.3 Å². The predicted octanol–water partition coefficient (Wildman–Crippen LogP) is 4.87. The van der Waals surface area contributed by atoms with Gasteiger partial charge in [0.25, 0.3) is 0 Å². The number of nitrogens with one attached hydrogen (secondary N) is 1. The lowest BCUT2D eigenvalue weighted by atomic mass is 10.1. The summed E-state index contributed by atoms with van der Waals surface area (Å²) in [4.78, 5) is 27.2. The summed E-state index contributed by atoms with van der Waals surface area (Å²) in [6.45, 7) is 4.67. The third-order valence-electron chi connectivity index (χ3n) is 4.54. The highest BCUT2D eigenvalue weighted by Gasteiger charge is 2.26. The van der Waals surface area contributed by atoms with Gasteiger partial charge in [0.05, 0.1) is 6.42 Å². The molecule has 0 saturated carbocycles. The quantitative estimate of drug-likeness (QED) is 0.588. The van der Waals surface area contributed by atoms with Crippen molar-refractivity contribution in [2.75, 3.05) is 6.54 Å². The molecule has 0 heterocycles. The van der Waals surface area contributed by atoms with E-state index in [1.165, 1.54) is 0 Å². The molecule has 4 nitrogen and oxygen atoms in total. The second kappa shape index (κ2) is 11.1. The number of hydrogen-bond donors (Lipinski definition) is 1. The Balaban J connectivity index is 2.20. The van der Waals surface area contributed by atoms with Crippen molar-refractivity contribution in [1.82, 2.24) is 10.2 Å². The number of unbranched alkanes of at least 4 members (excludes halogenated alkanes) is 1. The van der Waals surface area contributed by atoms with Crippen LogP contribution >= 0.6 is 23.2 Å². The molecule has 2 amide bonds. The number of nitrogens with zero attached hydrogens (tertiary/aromatic N) is 1. The van der Waals surface area contributed by atoms with Gasteiger partial charge in [-0.1, -0.05) is 66.9 Å². The average Bonchev–Trinajstić information content (AvgIpc) is 2.67. The molecule has 0 aliphatic carbocycles. The highest BCUT2D eigenvalue weighted by atomic mass is 35.5. The van der Waals surface area contributed by atoms with E-state index in [1.54, 1.807) is 30.0 Å². The van der Waals surface area contributed by atoms with Crippen molar-refractivity contribution in [3.8, 4) is 0 Å². The summed E-state index contributed by atoms with van der Waals surface area (Å²) >= 11 is 12.3. The zero-order valence-corrected chi connectivity index (χ0v) is 17.8. The number of amides is 2. The Labute approximate surface area is 176 Å². The number of benzene rings is 2. The van der Waals surface area contributed by atoms with Crippen LogP contribution in [0.25, 0.3) is 0 Å². The van der Waals surface area contributed by atoms with Gasteiger partial charge in [-0.15, -0.1) is 0 Å². The monoisotopic (exact) mass is 420 g/mol. The first-order chi connectivity index (χ1) is 13.4. The molecule has 0 saturated heterocycles. The van der Waals surface area contributed by atoms with Crippen molar-refractivity contribution < 1.29 is 9.59 Å². The molecule has 0 unspecified atom stereocenters. The lowest BCUT2D eigenvalue weighted by molar-refractivity contribution is -0.140. The van der Waals surface area contributed by atoms with Crippen molar-refractivity contribution >= 4 is 35.0 Å². The summed E-state index contributed by atoms with van der Waals surface area (Å²) in [6.07, 6.45) is 2.06. The van der Waals surface area contributed by atoms with Crippen molar-refractivity contribution in [3.63, 3.8) is 0 Å². The number of carbonyl (C=O) groups excluding carboxylic acids is 2. The number of halogens is 2. The van der Waals surface area contributed by atoms with Gasteiger partial charge in [-0.05, 0) is 42.7 Å². The van der Waals surface area contributed by atoms with Crippen LogP contribution in [0.3, 0.4) is 0 Å². The Kier molecular flexibility index (Phi) is 8.81. The van der Waals surface area contributed by atoms with Gasteiger partial charge in [0.2, 0.25) is 11.8 Å². The molecule has 150 valence electrons. The lowest BCUT2D eigenvalue weighted by Crippen LogP contribution is -2.48. The van der Waals surface area contributed by atoms with Crippen LogP contribution in [0.2, 0.25) is 10.0 Å². The third-order valence-corrected chi connectivity index (χ3v) is 5.14. The first kappa shape index (κ1) is 22.3. The normalized spacial score (nSPS) is 11.7. The van der Waals surface area contributed by atoms with E-state index >= 15 is 0 Å². The number of hydrogen-bond acceptors (Lipinski definition) is 2. The number of carbonyl (C=O) groups is 2. The molecule has 0 bridgehead atoms. The Morgan fingerprint density at radius 3 is 2.54 bits per heavy atom. The zero-order chi connectivity index (χ0) is 20.5. The molecular formula is C22H26Cl2N2O2. The molecule has 0 aliphatic rings. The van der Waals surface area contributed by atoms with E-state index in [1.807, 2.05) is 30.3 Å². The topological polar surface area (TPSA) is 49.4 Å². The summed E-state index contributed by atoms with van der Waals surface area (Å²) in [7, 11) is 0. The zero-order valence-electron chi connectivity index (χ0n) is 16.3. The summed E-state index contributed by atoms with van der Waals surface area (Å²) in [5.74, 6) is -0.319. The van der Waals surface area contributed by atoms with E-state index in [9.17, 15) is 9.59 Å². The molecule has 2 rings (SSSR count). The molecule has 0 aliphatic heterocycles. The molecule has 1 atom stereocenters. The van der Waals surface area contributed by atoms with Gasteiger partial charge in [0.15, 0.2) is 0 Å². The van der Waals surface area contributed by atoms with E-state index in [2.05, 4.69) is 12.2 Å². The molecule has 1 N–H and O–H groups in total. The largest absolute Gasteiger partial charge is 0.354 e. The smallest absolute Gasteiger partial charge is 0.242 e. The van der Waals surface area contributed by atoms with Crippen molar-refractivity contribution in [2.24, 2.45) is 0 Å². The Bertz CT molecular complexity index is 811. The minimum atomic E-state index is -0.611. The van der Waals surface area contributed by atoms with E-state index in [0.29, 0.717) is 16.6 Å². The second-order valence-corrected chi connectivity index (χ2v) is 7.58. The van der Waals surface area contributed by atoms with Crippen LogP contribution < -0.4 is 5.32 Å². The molecular weight excluding hydrogens is 395 g/mol. The second-order valence-electron chi connectivity index (χ2n) is 6.74. The highest BCUT2D eigenvalue weighted by molar-refractivity contribution is 6.31. The standard InChI is InChI=1S/C22H26Cl2N2O2/c1-3-4-12-25-22(28)16(2)26(15-18-9-5-6-11-20(18)24)21(27)14-17-8-7-10-19(23)13-17/h5-11,13,16H,3-4,12,14-15H2,1-2H3,(H,25,28)/t16-/m1/s1. The summed E-state index contributed by atoms with van der Waals surface area (Å²) < 4.78 is 0. The van der Waals surface area contributed by atoms with Crippen LogP contribution in [0.1, 0.15) is 37.8 Å². The minimum Gasteiger partial charge on any atom is -0.354 e. The van der Waals surface area contributed by atoms with E-state index in [-0.39, 0.29) is 24.8 Å². The maximum Gasteiger partial charge on any atom is 0.242 e. The molecule has 28 heavy (non-hydrogen) atoms. The Morgan fingerprint density at radius 2 is 1.86 bits per heavy atom. The van der Waals surface area contributed by atoms with Gasteiger partial charge in [-0.3, -0.25) is 9.59 Å². The van der Waals surface area contributed by atoms with Gasteiger partial charge >= 0.3 is 0 Å². The van der Waals surface area contributed by atoms with Crippen LogP contribution in [0.15, 0.2) is 48.5 Å². The highest BCUT2D eigenvalue weighted by Crippen LogP contribution is 2.20. The summed E-state index contributed by atoms with van der Waals surface area (Å²) in [5.41, 5.74) is 1.61. The van der Waals surface area contributed by atoms with Crippen LogP contribution in [-0.2, 0) is 22.6 Å². The fraction of sp³-hybridized carbons (Fsp3) is 0.364. The Hall–Kier alpha value is -2.04. The maximum absolute atomic E-state index is 13.1. The Morgan fingerprint density at radius 1 is 1.11 bits per heavy atom. The molecule has 0 radical (unpaired) electrons. The van der Waals surface area contributed by atoms with Crippen LogP contribution in [0.4, 0.5) is 0 Å². The molecule has 2 aromatic carbocycles. The SMILES string of the molecule is CCCCNC(=O)[C@@H](C)N(Cc1ccccc1Cl)C(=O)Cc1cccc(Cl)c1. The fourth-order valence-electron chi connectivity index (χ4n) is 2.85. The van der Waals surface area contributed by atoms with Gasteiger partial charge < -0.3 is 10.2 Å². The van der Waals surface area contributed by atoms with Gasteiger partial charge in [0, 0.05) is 23.1 Å². The minimum absolute atomic E-state index is 0.152. The first-order valence-electron chi connectivity index (χ1n) is 9.47. The molecule has 0 spiro atoms. The van der Waals surface area contributed by atoms with Crippen molar-refractivity contribution in [1.29, 1.82) is 0 Å². The fourth-order valence-corrected chi connectivity index (χ4v) is 3.26. The van der Waals surface area contributed by atoms with Crippen molar-refractivity contribution in [2.45, 2.75) is 45.7 Å². The molecule has 0 aromatic heterocycles. The summed E-state index contributed by atoms with van der Waals surface area (Å²) in [6, 6.07) is 13.9. The van der Waals surface area contributed by atoms with Gasteiger partial charge in [-0.25, -0.2) is 0 Å². The average molecular weight is 421 g/mol. The van der Waals surface area contributed by atoms with Crippen molar-refractivity contribution in [3.05, 3.63) is 69.7 Å². The number of rotatable bonds is 9.